The summed E-state index contributed by atoms with van der Waals surface area (Å²) < 4.78 is 7.34. The number of ether oxygens (including phenoxy) is 1. The van der Waals surface area contributed by atoms with E-state index >= 15 is 0 Å². The number of aromatic nitrogens is 3. The SMILES string of the molecule is CCOc1ccc(C)cc1-c1ccc2nc(NC(=O)CCC#N)nn2c1. The number of fused-ring (bicyclic) bond motifs is 1. The van der Waals surface area contributed by atoms with Crippen LogP contribution in [0.1, 0.15) is 25.3 Å². The van der Waals surface area contributed by atoms with Gasteiger partial charge in [-0.05, 0) is 38.1 Å². The molecule has 2 aromatic heterocycles. The van der Waals surface area contributed by atoms with Crippen molar-refractivity contribution in [3.8, 4) is 22.9 Å². The van der Waals surface area contributed by atoms with Gasteiger partial charge in [0.15, 0.2) is 5.65 Å². The molecule has 0 aliphatic carbocycles. The average molecular weight is 349 g/mol. The number of carbonyl (C=O) groups excluding carboxylic acids is 1. The van der Waals surface area contributed by atoms with Gasteiger partial charge >= 0.3 is 0 Å². The third-order valence-corrected chi connectivity index (χ3v) is 3.79. The Bertz CT molecular complexity index is 987. The lowest BCUT2D eigenvalue weighted by molar-refractivity contribution is -0.116. The Morgan fingerprint density at radius 1 is 1.35 bits per heavy atom. The van der Waals surface area contributed by atoms with Crippen LogP contribution in [-0.2, 0) is 4.79 Å². The van der Waals surface area contributed by atoms with E-state index in [1.54, 1.807) is 4.52 Å². The molecule has 2 heterocycles. The number of nitrogens with zero attached hydrogens (tertiary/aromatic N) is 4. The van der Waals surface area contributed by atoms with Crippen molar-refractivity contribution < 1.29 is 9.53 Å². The Morgan fingerprint density at radius 3 is 2.96 bits per heavy atom. The summed E-state index contributed by atoms with van der Waals surface area (Å²) in [5, 5.41) is 15.4. The number of rotatable bonds is 6. The molecule has 132 valence electrons. The number of nitrogens with one attached hydrogen (secondary N) is 1. The van der Waals surface area contributed by atoms with Gasteiger partial charge in [0.2, 0.25) is 11.9 Å². The molecule has 3 aromatic rings. The van der Waals surface area contributed by atoms with Crippen molar-refractivity contribution in [1.29, 1.82) is 5.26 Å². The third kappa shape index (κ3) is 3.81. The molecule has 0 bridgehead atoms. The van der Waals surface area contributed by atoms with Gasteiger partial charge in [-0.25, -0.2) is 4.52 Å². The molecule has 0 saturated carbocycles. The number of amides is 1. The van der Waals surface area contributed by atoms with Crippen LogP contribution in [0.25, 0.3) is 16.8 Å². The van der Waals surface area contributed by atoms with Gasteiger partial charge in [-0.3, -0.25) is 10.1 Å². The zero-order chi connectivity index (χ0) is 18.5. The predicted octanol–water partition coefficient (Wildman–Crippen LogP) is 3.35. The molecule has 0 aliphatic heterocycles. The molecule has 0 unspecified atom stereocenters. The van der Waals surface area contributed by atoms with E-state index in [1.807, 2.05) is 50.4 Å². The fourth-order valence-electron chi connectivity index (χ4n) is 2.60. The largest absolute Gasteiger partial charge is 0.493 e. The minimum atomic E-state index is -0.278. The lowest BCUT2D eigenvalue weighted by Crippen LogP contribution is -2.12. The Balaban J connectivity index is 1.92. The summed E-state index contributed by atoms with van der Waals surface area (Å²) in [6.45, 7) is 4.56. The van der Waals surface area contributed by atoms with Crippen molar-refractivity contribution in [3.63, 3.8) is 0 Å². The van der Waals surface area contributed by atoms with Crippen molar-refractivity contribution in [2.45, 2.75) is 26.7 Å². The second-order valence-corrected chi connectivity index (χ2v) is 5.79. The van der Waals surface area contributed by atoms with E-state index in [2.05, 4.69) is 21.5 Å². The number of carbonyl (C=O) groups is 1. The average Bonchev–Trinajstić information content (AvgIpc) is 3.02. The molecule has 0 spiro atoms. The highest BCUT2D eigenvalue weighted by Gasteiger charge is 2.11. The van der Waals surface area contributed by atoms with E-state index in [1.165, 1.54) is 0 Å². The number of hydrogen-bond acceptors (Lipinski definition) is 5. The van der Waals surface area contributed by atoms with Crippen molar-refractivity contribution in [1.82, 2.24) is 14.6 Å². The molecular weight excluding hydrogens is 330 g/mol. The molecule has 3 rings (SSSR count). The molecule has 0 fully saturated rings. The van der Waals surface area contributed by atoms with Gasteiger partial charge in [0.25, 0.3) is 0 Å². The maximum Gasteiger partial charge on any atom is 0.249 e. The lowest BCUT2D eigenvalue weighted by Gasteiger charge is -2.11. The second kappa shape index (κ2) is 7.66. The zero-order valence-electron chi connectivity index (χ0n) is 14.7. The summed E-state index contributed by atoms with van der Waals surface area (Å²) in [7, 11) is 0. The number of aryl methyl sites for hydroxylation is 1. The normalized spacial score (nSPS) is 10.5. The number of pyridine rings is 1. The Hall–Kier alpha value is -3.40. The molecule has 0 saturated heterocycles. The first-order chi connectivity index (χ1) is 12.6. The first kappa shape index (κ1) is 17.4. The van der Waals surface area contributed by atoms with Crippen LogP contribution in [0.15, 0.2) is 36.5 Å². The van der Waals surface area contributed by atoms with Crippen molar-refractivity contribution in [3.05, 3.63) is 42.1 Å². The van der Waals surface area contributed by atoms with Gasteiger partial charge in [0, 0.05) is 30.2 Å². The van der Waals surface area contributed by atoms with E-state index < -0.39 is 0 Å². The smallest absolute Gasteiger partial charge is 0.249 e. The van der Waals surface area contributed by atoms with E-state index in [4.69, 9.17) is 10.00 Å². The molecule has 1 N–H and O–H groups in total. The number of benzene rings is 1. The predicted molar refractivity (Wildman–Crippen MR) is 97.8 cm³/mol. The van der Waals surface area contributed by atoms with Crippen molar-refractivity contribution in [2.75, 3.05) is 11.9 Å². The molecule has 0 atom stereocenters. The highest BCUT2D eigenvalue weighted by Crippen LogP contribution is 2.31. The van der Waals surface area contributed by atoms with Crippen molar-refractivity contribution in [2.24, 2.45) is 0 Å². The van der Waals surface area contributed by atoms with Crippen LogP contribution >= 0.6 is 0 Å². The van der Waals surface area contributed by atoms with Crippen LogP contribution in [0, 0.1) is 18.3 Å². The lowest BCUT2D eigenvalue weighted by atomic mass is 10.0. The zero-order valence-corrected chi connectivity index (χ0v) is 14.7. The molecule has 7 nitrogen and oxygen atoms in total. The standard InChI is InChI=1S/C19H19N5O2/c1-3-26-16-8-6-13(2)11-15(16)14-7-9-17-21-19(23-24(17)12-14)22-18(25)5-4-10-20/h6-9,11-12H,3-5H2,1-2H3,(H,22,23,25). The van der Waals surface area contributed by atoms with E-state index in [-0.39, 0.29) is 24.7 Å². The van der Waals surface area contributed by atoms with Gasteiger partial charge in [0.05, 0.1) is 12.7 Å². The van der Waals surface area contributed by atoms with Gasteiger partial charge < -0.3 is 4.74 Å². The van der Waals surface area contributed by atoms with Crippen molar-refractivity contribution >= 4 is 17.5 Å². The molecule has 1 aromatic carbocycles. The monoisotopic (exact) mass is 349 g/mol. The molecule has 26 heavy (non-hydrogen) atoms. The number of nitriles is 1. The van der Waals surface area contributed by atoms with Gasteiger partial charge in [-0.2, -0.15) is 10.2 Å². The third-order valence-electron chi connectivity index (χ3n) is 3.79. The molecule has 1 amide bonds. The van der Waals surface area contributed by atoms with Gasteiger partial charge in [0.1, 0.15) is 5.75 Å². The van der Waals surface area contributed by atoms with Gasteiger partial charge in [-0.15, -0.1) is 5.10 Å². The van der Waals surface area contributed by atoms with E-state index in [0.717, 1.165) is 22.4 Å². The number of hydrogen-bond donors (Lipinski definition) is 1. The Morgan fingerprint density at radius 2 is 2.19 bits per heavy atom. The van der Waals surface area contributed by atoms with Crippen LogP contribution in [0.4, 0.5) is 5.95 Å². The second-order valence-electron chi connectivity index (χ2n) is 5.79. The summed E-state index contributed by atoms with van der Waals surface area (Å²) in [6.07, 6.45) is 2.14. The topological polar surface area (TPSA) is 92.3 Å². The van der Waals surface area contributed by atoms with Crippen LogP contribution in [-0.4, -0.2) is 27.1 Å². The molecule has 0 aliphatic rings. The fraction of sp³-hybridized carbons (Fsp3) is 0.263. The minimum absolute atomic E-state index is 0.123. The summed E-state index contributed by atoms with van der Waals surface area (Å²) in [5.74, 6) is 0.752. The Kier molecular flexibility index (Phi) is 5.13. The summed E-state index contributed by atoms with van der Waals surface area (Å²) >= 11 is 0. The molecule has 7 heteroatoms. The summed E-state index contributed by atoms with van der Waals surface area (Å²) in [4.78, 5) is 16.0. The van der Waals surface area contributed by atoms with Crippen LogP contribution < -0.4 is 10.1 Å². The van der Waals surface area contributed by atoms with Gasteiger partial charge in [-0.1, -0.05) is 11.6 Å². The maximum atomic E-state index is 11.7. The highest BCUT2D eigenvalue weighted by atomic mass is 16.5. The van der Waals surface area contributed by atoms with Crippen LogP contribution in [0.5, 0.6) is 5.75 Å². The van der Waals surface area contributed by atoms with Crippen LogP contribution in [0.3, 0.4) is 0 Å². The maximum absolute atomic E-state index is 11.7. The molecular formula is C19H19N5O2. The van der Waals surface area contributed by atoms with Crippen LogP contribution in [0.2, 0.25) is 0 Å². The Labute approximate surface area is 151 Å². The summed E-state index contributed by atoms with van der Waals surface area (Å²) in [6, 6.07) is 11.8. The quantitative estimate of drug-likeness (QED) is 0.737. The molecule has 0 radical (unpaired) electrons. The highest BCUT2D eigenvalue weighted by molar-refractivity contribution is 5.89. The summed E-state index contributed by atoms with van der Waals surface area (Å²) in [5.41, 5.74) is 3.67. The number of anilines is 1. The van der Waals surface area contributed by atoms with E-state index in [9.17, 15) is 4.79 Å². The first-order valence-electron chi connectivity index (χ1n) is 8.37. The van der Waals surface area contributed by atoms with E-state index in [0.29, 0.717) is 12.3 Å². The first-order valence-corrected chi connectivity index (χ1v) is 8.37. The fourth-order valence-corrected chi connectivity index (χ4v) is 2.60. The minimum Gasteiger partial charge on any atom is -0.493 e.